The molecule has 0 aliphatic rings. The Morgan fingerprint density at radius 1 is 1.22 bits per heavy atom. The molecule has 0 bridgehead atoms. The first-order chi connectivity index (χ1) is 12.8. The maximum absolute atomic E-state index is 13.9. The number of hydrogen-bond acceptors (Lipinski definition) is 4. The Labute approximate surface area is 164 Å². The van der Waals surface area contributed by atoms with E-state index in [1.165, 1.54) is 20.3 Å². The second-order valence-corrected chi connectivity index (χ2v) is 6.76. The Balaban J connectivity index is 2.08. The van der Waals surface area contributed by atoms with Crippen LogP contribution < -0.4 is 14.8 Å². The second-order valence-electron chi connectivity index (χ2n) is 6.35. The molecule has 2 rings (SSSR count). The van der Waals surface area contributed by atoms with Gasteiger partial charge in [-0.3, -0.25) is 9.69 Å². The molecular weight excluding hydrogens is 371 g/mol. The molecule has 1 amide bonds. The van der Waals surface area contributed by atoms with Crippen molar-refractivity contribution >= 4 is 23.2 Å². The monoisotopic (exact) mass is 394 g/mol. The van der Waals surface area contributed by atoms with Crippen molar-refractivity contribution in [3.05, 3.63) is 52.3 Å². The van der Waals surface area contributed by atoms with Gasteiger partial charge in [-0.1, -0.05) is 17.7 Å². The van der Waals surface area contributed by atoms with Crippen LogP contribution in [0.3, 0.4) is 0 Å². The van der Waals surface area contributed by atoms with Crippen molar-refractivity contribution in [2.75, 3.05) is 26.6 Å². The number of anilines is 1. The van der Waals surface area contributed by atoms with Gasteiger partial charge >= 0.3 is 0 Å². The second kappa shape index (κ2) is 9.06. The van der Waals surface area contributed by atoms with E-state index < -0.39 is 11.9 Å². The minimum atomic E-state index is -0.448. The lowest BCUT2D eigenvalue weighted by Gasteiger charge is -2.24. The molecule has 1 unspecified atom stereocenters. The fourth-order valence-electron chi connectivity index (χ4n) is 2.60. The number of carbonyl (C=O) groups is 1. The highest BCUT2D eigenvalue weighted by Crippen LogP contribution is 2.31. The molecule has 146 valence electrons. The third kappa shape index (κ3) is 5.11. The lowest BCUT2D eigenvalue weighted by Crippen LogP contribution is -2.39. The van der Waals surface area contributed by atoms with Gasteiger partial charge in [-0.25, -0.2) is 4.39 Å². The number of carbonyl (C=O) groups excluding carboxylic acids is 1. The third-order valence-electron chi connectivity index (χ3n) is 4.43. The fraction of sp³-hybridized carbons (Fsp3) is 0.350. The van der Waals surface area contributed by atoms with Crippen molar-refractivity contribution in [1.29, 1.82) is 0 Å². The zero-order valence-corrected chi connectivity index (χ0v) is 16.9. The molecule has 0 aliphatic heterocycles. The van der Waals surface area contributed by atoms with Crippen LogP contribution in [-0.4, -0.2) is 38.1 Å². The molecule has 0 heterocycles. The highest BCUT2D eigenvalue weighted by Gasteiger charge is 2.20. The molecule has 2 aromatic carbocycles. The van der Waals surface area contributed by atoms with E-state index in [-0.39, 0.29) is 11.7 Å². The van der Waals surface area contributed by atoms with Crippen molar-refractivity contribution < 1.29 is 18.7 Å². The molecule has 0 aliphatic carbocycles. The number of benzene rings is 2. The van der Waals surface area contributed by atoms with Gasteiger partial charge in [0.05, 0.1) is 25.9 Å². The largest absolute Gasteiger partial charge is 0.495 e. The van der Waals surface area contributed by atoms with Crippen LogP contribution in [0, 0.1) is 12.7 Å². The van der Waals surface area contributed by atoms with Crippen LogP contribution in [-0.2, 0) is 11.3 Å². The minimum absolute atomic E-state index is 0.192. The van der Waals surface area contributed by atoms with Crippen molar-refractivity contribution in [2.45, 2.75) is 26.4 Å². The topological polar surface area (TPSA) is 50.8 Å². The summed E-state index contributed by atoms with van der Waals surface area (Å²) in [5, 5.41) is 3.43. The summed E-state index contributed by atoms with van der Waals surface area (Å²) in [6.45, 7) is 4.04. The van der Waals surface area contributed by atoms with Gasteiger partial charge in [-0.15, -0.1) is 0 Å². The lowest BCUT2D eigenvalue weighted by atomic mass is 10.1. The molecule has 5 nitrogen and oxygen atoms in total. The molecule has 0 saturated heterocycles. The number of amides is 1. The summed E-state index contributed by atoms with van der Waals surface area (Å²) in [5.41, 5.74) is 2.14. The molecule has 0 spiro atoms. The van der Waals surface area contributed by atoms with Crippen LogP contribution in [0.25, 0.3) is 0 Å². The van der Waals surface area contributed by atoms with Crippen molar-refractivity contribution in [1.82, 2.24) is 4.90 Å². The lowest BCUT2D eigenvalue weighted by molar-refractivity contribution is -0.120. The first kappa shape index (κ1) is 21.0. The number of nitrogens with zero attached hydrogens (tertiary/aromatic N) is 1. The summed E-state index contributed by atoms with van der Waals surface area (Å²) in [7, 11) is 4.74. The Morgan fingerprint density at radius 2 is 1.89 bits per heavy atom. The zero-order chi connectivity index (χ0) is 20.1. The number of methoxy groups -OCH3 is 2. The quantitative estimate of drug-likeness (QED) is 0.762. The maximum Gasteiger partial charge on any atom is 0.241 e. The number of halogens is 2. The number of hydrogen-bond donors (Lipinski definition) is 1. The van der Waals surface area contributed by atoms with Gasteiger partial charge < -0.3 is 14.8 Å². The van der Waals surface area contributed by atoms with Gasteiger partial charge in [0.25, 0.3) is 0 Å². The van der Waals surface area contributed by atoms with E-state index >= 15 is 0 Å². The first-order valence-electron chi connectivity index (χ1n) is 8.44. The fourth-order valence-corrected chi connectivity index (χ4v) is 2.75. The van der Waals surface area contributed by atoms with Crippen LogP contribution >= 0.6 is 11.6 Å². The highest BCUT2D eigenvalue weighted by molar-refractivity contribution is 6.31. The van der Waals surface area contributed by atoms with Gasteiger partial charge in [0.2, 0.25) is 5.91 Å². The Kier molecular flexibility index (Phi) is 7.05. The van der Waals surface area contributed by atoms with Crippen LogP contribution in [0.4, 0.5) is 10.1 Å². The predicted molar refractivity (Wildman–Crippen MR) is 105 cm³/mol. The Morgan fingerprint density at radius 3 is 2.48 bits per heavy atom. The van der Waals surface area contributed by atoms with E-state index in [0.717, 1.165) is 11.1 Å². The molecule has 0 aromatic heterocycles. The van der Waals surface area contributed by atoms with Crippen LogP contribution in [0.1, 0.15) is 18.1 Å². The summed E-state index contributed by atoms with van der Waals surface area (Å²) >= 11 is 6.10. The SMILES string of the molecule is COc1ccc(CN(C)C(C)C(=O)Nc2cc(C)c(Cl)cc2OC)cc1F. The standard InChI is InChI=1S/C20H24ClFN2O3/c1-12-8-17(19(27-5)10-15(12)21)23-20(25)13(2)24(3)11-14-6-7-18(26-4)16(22)9-14/h6-10,13H,11H2,1-5H3,(H,23,25). The summed E-state index contributed by atoms with van der Waals surface area (Å²) < 4.78 is 24.1. The predicted octanol–water partition coefficient (Wildman–Crippen LogP) is 4.26. The van der Waals surface area contributed by atoms with E-state index in [9.17, 15) is 9.18 Å². The molecule has 0 radical (unpaired) electrons. The van der Waals surface area contributed by atoms with Gasteiger partial charge in [-0.2, -0.15) is 0 Å². The summed E-state index contributed by atoms with van der Waals surface area (Å²) in [5.74, 6) is 0.0526. The number of rotatable bonds is 7. The Bertz CT molecular complexity index is 829. The molecule has 27 heavy (non-hydrogen) atoms. The number of aryl methyl sites for hydroxylation is 1. The molecule has 7 heteroatoms. The van der Waals surface area contributed by atoms with Crippen molar-refractivity contribution in [3.63, 3.8) is 0 Å². The molecule has 0 saturated carbocycles. The van der Waals surface area contributed by atoms with Crippen molar-refractivity contribution in [2.24, 2.45) is 0 Å². The maximum atomic E-state index is 13.9. The van der Waals surface area contributed by atoms with Crippen LogP contribution in [0.2, 0.25) is 5.02 Å². The molecule has 1 atom stereocenters. The van der Waals surface area contributed by atoms with E-state index in [2.05, 4.69) is 5.32 Å². The van der Waals surface area contributed by atoms with E-state index in [1.807, 2.05) is 11.8 Å². The van der Waals surface area contributed by atoms with Gasteiger partial charge in [0, 0.05) is 17.6 Å². The normalized spacial score (nSPS) is 12.0. The first-order valence-corrected chi connectivity index (χ1v) is 8.82. The zero-order valence-electron chi connectivity index (χ0n) is 16.1. The Hall–Kier alpha value is -2.31. The number of ether oxygens (including phenoxy) is 2. The van der Waals surface area contributed by atoms with Crippen LogP contribution in [0.5, 0.6) is 11.5 Å². The van der Waals surface area contributed by atoms with Gasteiger partial charge in [0.15, 0.2) is 11.6 Å². The summed E-state index contributed by atoms with van der Waals surface area (Å²) in [6.07, 6.45) is 0. The summed E-state index contributed by atoms with van der Waals surface area (Å²) in [4.78, 5) is 14.5. The summed E-state index contributed by atoms with van der Waals surface area (Å²) in [6, 6.07) is 7.74. The molecular formula is C20H24ClFN2O3. The average Bonchev–Trinajstić information content (AvgIpc) is 2.63. The highest BCUT2D eigenvalue weighted by atomic mass is 35.5. The van der Waals surface area contributed by atoms with Gasteiger partial charge in [-0.05, 0) is 50.2 Å². The van der Waals surface area contributed by atoms with Crippen LogP contribution in [0.15, 0.2) is 30.3 Å². The molecule has 1 N–H and O–H groups in total. The average molecular weight is 395 g/mol. The van der Waals surface area contributed by atoms with E-state index in [1.54, 1.807) is 38.2 Å². The smallest absolute Gasteiger partial charge is 0.241 e. The third-order valence-corrected chi connectivity index (χ3v) is 4.83. The van der Waals surface area contributed by atoms with Gasteiger partial charge in [0.1, 0.15) is 5.75 Å². The molecule has 0 fully saturated rings. The van der Waals surface area contributed by atoms with Crippen molar-refractivity contribution in [3.8, 4) is 11.5 Å². The van der Waals surface area contributed by atoms with E-state index in [4.69, 9.17) is 21.1 Å². The molecule has 2 aromatic rings. The number of likely N-dealkylation sites (N-methyl/N-ethyl adjacent to an activating group) is 1. The minimum Gasteiger partial charge on any atom is -0.495 e. The number of nitrogens with one attached hydrogen (secondary N) is 1. The van der Waals surface area contributed by atoms with E-state index in [0.29, 0.717) is 23.0 Å².